The van der Waals surface area contributed by atoms with Crippen molar-refractivity contribution in [2.45, 2.75) is 26.8 Å². The number of hydrogen-bond donors (Lipinski definition) is 1. The Labute approximate surface area is 106 Å². The van der Waals surface area contributed by atoms with Gasteiger partial charge in [-0.25, -0.2) is 0 Å². The molecule has 4 heteroatoms. The molecule has 2 aromatic rings. The molecule has 2 rings (SSSR count). The molecule has 92 valence electrons. The molecule has 0 saturated heterocycles. The molecule has 0 fully saturated rings. The molecule has 0 spiro atoms. The fourth-order valence-electron chi connectivity index (χ4n) is 1.92. The van der Waals surface area contributed by atoms with Crippen LogP contribution in [0.2, 0.25) is 0 Å². The van der Waals surface area contributed by atoms with Crippen LogP contribution in [-0.4, -0.2) is 16.3 Å². The number of rotatable bonds is 4. The highest BCUT2D eigenvalue weighted by atomic mass is 32.1. The van der Waals surface area contributed by atoms with Gasteiger partial charge in [-0.15, -0.1) is 11.3 Å². The number of thiophene rings is 1. The van der Waals surface area contributed by atoms with E-state index in [1.54, 1.807) is 0 Å². The first-order valence-electron chi connectivity index (χ1n) is 5.90. The summed E-state index contributed by atoms with van der Waals surface area (Å²) >= 11 is 1.87. The Morgan fingerprint density at radius 3 is 2.71 bits per heavy atom. The van der Waals surface area contributed by atoms with Gasteiger partial charge < -0.3 is 5.32 Å². The van der Waals surface area contributed by atoms with E-state index in [0.29, 0.717) is 0 Å². The van der Waals surface area contributed by atoms with Gasteiger partial charge in [0.2, 0.25) is 0 Å². The van der Waals surface area contributed by atoms with E-state index in [1.807, 2.05) is 29.3 Å². The lowest BCUT2D eigenvalue weighted by Gasteiger charge is -2.14. The van der Waals surface area contributed by atoms with Crippen LogP contribution in [0.5, 0.6) is 0 Å². The van der Waals surface area contributed by atoms with Crippen LogP contribution in [-0.2, 0) is 7.05 Å². The molecule has 2 heterocycles. The summed E-state index contributed by atoms with van der Waals surface area (Å²) in [6, 6.07) is 2.55. The van der Waals surface area contributed by atoms with Gasteiger partial charge in [0.1, 0.15) is 0 Å². The quantitative estimate of drug-likeness (QED) is 0.903. The van der Waals surface area contributed by atoms with E-state index in [2.05, 4.69) is 43.4 Å². The zero-order chi connectivity index (χ0) is 12.4. The first-order chi connectivity index (χ1) is 8.11. The molecule has 0 radical (unpaired) electrons. The normalized spacial score (nSPS) is 12.9. The van der Waals surface area contributed by atoms with Crippen LogP contribution in [0.4, 0.5) is 0 Å². The summed E-state index contributed by atoms with van der Waals surface area (Å²) in [6.07, 6.45) is 4.02. The Morgan fingerprint density at radius 1 is 1.47 bits per heavy atom. The second-order valence-corrected chi connectivity index (χ2v) is 5.61. The van der Waals surface area contributed by atoms with E-state index in [9.17, 15) is 0 Å². The summed E-state index contributed by atoms with van der Waals surface area (Å²) in [5, 5.41) is 7.78. The highest BCUT2D eigenvalue weighted by Crippen LogP contribution is 2.30. The van der Waals surface area contributed by atoms with Gasteiger partial charge in [-0.1, -0.05) is 6.92 Å². The van der Waals surface area contributed by atoms with Crippen molar-refractivity contribution in [3.8, 4) is 0 Å². The minimum Gasteiger partial charge on any atom is -0.306 e. The highest BCUT2D eigenvalue weighted by molar-refractivity contribution is 7.12. The maximum Gasteiger partial charge on any atom is 0.0702 e. The highest BCUT2D eigenvalue weighted by Gasteiger charge is 2.17. The zero-order valence-corrected chi connectivity index (χ0v) is 11.6. The molecule has 0 aliphatic heterocycles. The van der Waals surface area contributed by atoms with Crippen LogP contribution in [0.3, 0.4) is 0 Å². The van der Waals surface area contributed by atoms with E-state index in [-0.39, 0.29) is 6.04 Å². The predicted molar refractivity (Wildman–Crippen MR) is 72.5 cm³/mol. The SMILES string of the molecule is CCNC(c1cnn(C)c1)c1cc(C)c(C)s1. The summed E-state index contributed by atoms with van der Waals surface area (Å²) in [6.45, 7) is 7.43. The standard InChI is InChI=1S/C13H19N3S/c1-5-14-13(11-7-15-16(4)8-11)12-6-9(2)10(3)17-12/h6-8,13-14H,5H2,1-4H3. The van der Waals surface area contributed by atoms with Crippen LogP contribution in [0, 0.1) is 13.8 Å². The summed E-state index contributed by atoms with van der Waals surface area (Å²) in [5.41, 5.74) is 2.60. The first-order valence-corrected chi connectivity index (χ1v) is 6.72. The molecule has 0 aliphatic carbocycles. The molecule has 0 aliphatic rings. The molecule has 0 amide bonds. The molecular formula is C13H19N3S. The second kappa shape index (κ2) is 5.02. The third-order valence-corrected chi connectivity index (χ3v) is 4.15. The number of aryl methyl sites for hydroxylation is 3. The molecule has 2 aromatic heterocycles. The fourth-order valence-corrected chi connectivity index (χ4v) is 3.07. The molecule has 1 atom stereocenters. The number of aromatic nitrogens is 2. The molecule has 17 heavy (non-hydrogen) atoms. The van der Waals surface area contributed by atoms with Crippen LogP contribution in [0.1, 0.15) is 33.8 Å². The summed E-state index contributed by atoms with van der Waals surface area (Å²) in [5.74, 6) is 0. The predicted octanol–water partition coefficient (Wildman–Crippen LogP) is 2.80. The fraction of sp³-hybridized carbons (Fsp3) is 0.462. The Hall–Kier alpha value is -1.13. The Balaban J connectivity index is 2.34. The van der Waals surface area contributed by atoms with Gasteiger partial charge in [0.25, 0.3) is 0 Å². The van der Waals surface area contributed by atoms with Crippen molar-refractivity contribution in [1.82, 2.24) is 15.1 Å². The van der Waals surface area contributed by atoms with E-state index in [4.69, 9.17) is 0 Å². The van der Waals surface area contributed by atoms with Gasteiger partial charge in [0.15, 0.2) is 0 Å². The van der Waals surface area contributed by atoms with Crippen LogP contribution in [0.15, 0.2) is 18.5 Å². The molecule has 0 aromatic carbocycles. The number of nitrogens with zero attached hydrogens (tertiary/aromatic N) is 2. The number of hydrogen-bond acceptors (Lipinski definition) is 3. The van der Waals surface area contributed by atoms with Gasteiger partial charge in [-0.3, -0.25) is 4.68 Å². The molecule has 1 unspecified atom stereocenters. The van der Waals surface area contributed by atoms with E-state index < -0.39 is 0 Å². The zero-order valence-electron chi connectivity index (χ0n) is 10.8. The van der Waals surface area contributed by atoms with Crippen molar-refractivity contribution < 1.29 is 0 Å². The lowest BCUT2D eigenvalue weighted by molar-refractivity contribution is 0.638. The third-order valence-electron chi connectivity index (χ3n) is 2.94. The lowest BCUT2D eigenvalue weighted by Crippen LogP contribution is -2.20. The monoisotopic (exact) mass is 249 g/mol. The Bertz CT molecular complexity index is 479. The van der Waals surface area contributed by atoms with Crippen molar-refractivity contribution in [2.24, 2.45) is 7.05 Å². The van der Waals surface area contributed by atoms with Crippen LogP contribution in [0.25, 0.3) is 0 Å². The third kappa shape index (κ3) is 2.58. The Morgan fingerprint density at radius 2 is 2.24 bits per heavy atom. The van der Waals surface area contributed by atoms with E-state index in [1.165, 1.54) is 20.9 Å². The van der Waals surface area contributed by atoms with E-state index >= 15 is 0 Å². The molecule has 1 N–H and O–H groups in total. The second-order valence-electron chi connectivity index (χ2n) is 4.33. The summed E-state index contributed by atoms with van der Waals surface area (Å²) in [4.78, 5) is 2.77. The summed E-state index contributed by atoms with van der Waals surface area (Å²) in [7, 11) is 1.96. The van der Waals surface area contributed by atoms with Crippen LogP contribution >= 0.6 is 11.3 Å². The van der Waals surface area contributed by atoms with Crippen molar-refractivity contribution >= 4 is 11.3 Å². The lowest BCUT2D eigenvalue weighted by atomic mass is 10.1. The van der Waals surface area contributed by atoms with Gasteiger partial charge in [-0.2, -0.15) is 5.10 Å². The smallest absolute Gasteiger partial charge is 0.0702 e. The van der Waals surface area contributed by atoms with Crippen molar-refractivity contribution in [2.75, 3.05) is 6.54 Å². The minimum atomic E-state index is 0.270. The topological polar surface area (TPSA) is 29.9 Å². The van der Waals surface area contributed by atoms with Crippen molar-refractivity contribution in [3.63, 3.8) is 0 Å². The first kappa shape index (κ1) is 12.3. The van der Waals surface area contributed by atoms with Gasteiger partial charge in [0.05, 0.1) is 12.2 Å². The molecule has 0 bridgehead atoms. The Kier molecular flexibility index (Phi) is 3.64. The molecule has 3 nitrogen and oxygen atoms in total. The average molecular weight is 249 g/mol. The van der Waals surface area contributed by atoms with Crippen molar-refractivity contribution in [3.05, 3.63) is 39.3 Å². The molecule has 0 saturated carbocycles. The average Bonchev–Trinajstić information content (AvgIpc) is 2.83. The van der Waals surface area contributed by atoms with Gasteiger partial charge in [0, 0.05) is 28.6 Å². The van der Waals surface area contributed by atoms with Crippen molar-refractivity contribution in [1.29, 1.82) is 0 Å². The molecular weight excluding hydrogens is 230 g/mol. The van der Waals surface area contributed by atoms with Gasteiger partial charge >= 0.3 is 0 Å². The van der Waals surface area contributed by atoms with Crippen LogP contribution < -0.4 is 5.32 Å². The maximum absolute atomic E-state index is 4.26. The van der Waals surface area contributed by atoms with E-state index in [0.717, 1.165) is 6.54 Å². The largest absolute Gasteiger partial charge is 0.306 e. The van der Waals surface area contributed by atoms with Gasteiger partial charge in [-0.05, 0) is 32.0 Å². The minimum absolute atomic E-state index is 0.270. The number of nitrogens with one attached hydrogen (secondary N) is 1. The maximum atomic E-state index is 4.26. The summed E-state index contributed by atoms with van der Waals surface area (Å²) < 4.78 is 1.85.